The molecule has 1 N–H and O–H groups in total. The Hall–Kier alpha value is -3.34. The average molecular weight is 543 g/mol. The summed E-state index contributed by atoms with van der Waals surface area (Å²) in [6.07, 6.45) is 4.70. The topological polar surface area (TPSA) is 55.8 Å². The third-order valence-corrected chi connectivity index (χ3v) is 10.7. The summed E-state index contributed by atoms with van der Waals surface area (Å²) in [5.41, 5.74) is 5.20. The number of carbonyl (C=O) groups is 1. The SMILES string of the molecule is COc1ccc(F)c(-c2ccc(COc3cccc([C@H](CC(=O)O)C4CC4)c3)cc2C2C3CCC2(C)C3(C)C)c1. The lowest BCUT2D eigenvalue weighted by Gasteiger charge is -2.60. The summed E-state index contributed by atoms with van der Waals surface area (Å²) >= 11 is 0. The quantitative estimate of drug-likeness (QED) is 0.279. The van der Waals surface area contributed by atoms with Crippen molar-refractivity contribution in [3.05, 3.63) is 83.2 Å². The zero-order valence-electron chi connectivity index (χ0n) is 23.9. The molecule has 4 fully saturated rings. The third-order valence-electron chi connectivity index (χ3n) is 10.7. The van der Waals surface area contributed by atoms with E-state index >= 15 is 4.39 Å². The number of hydrogen-bond acceptors (Lipinski definition) is 3. The Bertz CT molecular complexity index is 1440. The minimum atomic E-state index is -0.759. The highest BCUT2D eigenvalue weighted by atomic mass is 19.1. The van der Waals surface area contributed by atoms with Gasteiger partial charge in [-0.25, -0.2) is 4.39 Å². The second-order valence-electron chi connectivity index (χ2n) is 12.9. The van der Waals surface area contributed by atoms with Crippen molar-refractivity contribution in [2.24, 2.45) is 22.7 Å². The van der Waals surface area contributed by atoms with Gasteiger partial charge in [-0.15, -0.1) is 0 Å². The van der Waals surface area contributed by atoms with Gasteiger partial charge in [-0.1, -0.05) is 51.1 Å². The van der Waals surface area contributed by atoms with Gasteiger partial charge in [0.1, 0.15) is 23.9 Å². The molecule has 0 heterocycles. The number of carboxylic acids is 1. The van der Waals surface area contributed by atoms with Gasteiger partial charge in [-0.2, -0.15) is 0 Å². The van der Waals surface area contributed by atoms with Gasteiger partial charge in [-0.3, -0.25) is 4.79 Å². The molecule has 4 nitrogen and oxygen atoms in total. The van der Waals surface area contributed by atoms with Crippen molar-refractivity contribution >= 4 is 5.97 Å². The van der Waals surface area contributed by atoms with Gasteiger partial charge in [0.25, 0.3) is 0 Å². The van der Waals surface area contributed by atoms with Gasteiger partial charge < -0.3 is 14.6 Å². The van der Waals surface area contributed by atoms with Crippen LogP contribution in [0.25, 0.3) is 11.1 Å². The number of ether oxygens (including phenoxy) is 2. The van der Waals surface area contributed by atoms with Crippen LogP contribution in [0, 0.1) is 28.5 Å². The molecule has 3 unspecified atom stereocenters. The largest absolute Gasteiger partial charge is 0.497 e. The molecule has 40 heavy (non-hydrogen) atoms. The summed E-state index contributed by atoms with van der Waals surface area (Å²) < 4.78 is 26.9. The predicted octanol–water partition coefficient (Wildman–Crippen LogP) is 8.59. The Morgan fingerprint density at radius 3 is 2.45 bits per heavy atom. The molecule has 3 aromatic rings. The Kier molecular flexibility index (Phi) is 6.67. The molecule has 7 rings (SSSR count). The molecule has 4 aliphatic carbocycles. The highest BCUT2D eigenvalue weighted by molar-refractivity contribution is 5.72. The number of carboxylic acid groups (broad SMARTS) is 1. The van der Waals surface area contributed by atoms with Crippen molar-refractivity contribution < 1.29 is 23.8 Å². The molecular formula is C35H39FO4. The van der Waals surface area contributed by atoms with E-state index < -0.39 is 5.97 Å². The Balaban J connectivity index is 1.31. The Morgan fingerprint density at radius 1 is 1.00 bits per heavy atom. The molecule has 0 spiro atoms. The molecule has 4 aliphatic rings. The van der Waals surface area contributed by atoms with Gasteiger partial charge in [0.05, 0.1) is 13.5 Å². The number of benzene rings is 3. The maximum Gasteiger partial charge on any atom is 0.303 e. The number of rotatable bonds is 10. The van der Waals surface area contributed by atoms with E-state index in [4.69, 9.17) is 9.47 Å². The molecule has 3 aromatic carbocycles. The van der Waals surface area contributed by atoms with E-state index in [1.807, 2.05) is 36.4 Å². The van der Waals surface area contributed by atoms with Crippen LogP contribution in [0.15, 0.2) is 60.7 Å². The van der Waals surface area contributed by atoms with Gasteiger partial charge in [0.2, 0.25) is 0 Å². The predicted molar refractivity (Wildman–Crippen MR) is 154 cm³/mol. The van der Waals surface area contributed by atoms with E-state index in [1.165, 1.54) is 24.5 Å². The maximum atomic E-state index is 15.2. The first kappa shape index (κ1) is 26.9. The second kappa shape index (κ2) is 9.94. The van der Waals surface area contributed by atoms with Crippen LogP contribution >= 0.6 is 0 Å². The van der Waals surface area contributed by atoms with Gasteiger partial charge in [-0.05, 0) is 113 Å². The molecule has 0 radical (unpaired) electrons. The Labute approximate surface area is 236 Å². The molecular weight excluding hydrogens is 503 g/mol. The van der Waals surface area contributed by atoms with Crippen LogP contribution in [-0.2, 0) is 11.4 Å². The fourth-order valence-corrected chi connectivity index (χ4v) is 7.90. The summed E-state index contributed by atoms with van der Waals surface area (Å²) in [6, 6.07) is 19.2. The first-order valence-corrected chi connectivity index (χ1v) is 14.5. The van der Waals surface area contributed by atoms with Crippen LogP contribution in [0.4, 0.5) is 4.39 Å². The molecule has 2 bridgehead atoms. The van der Waals surface area contributed by atoms with E-state index in [9.17, 15) is 9.90 Å². The first-order valence-electron chi connectivity index (χ1n) is 14.5. The summed E-state index contributed by atoms with van der Waals surface area (Å²) in [4.78, 5) is 11.5. The highest BCUT2D eigenvalue weighted by Crippen LogP contribution is 2.77. The van der Waals surface area contributed by atoms with Crippen molar-refractivity contribution in [1.29, 1.82) is 0 Å². The zero-order valence-corrected chi connectivity index (χ0v) is 23.9. The van der Waals surface area contributed by atoms with E-state index in [0.717, 1.165) is 35.3 Å². The summed E-state index contributed by atoms with van der Waals surface area (Å²) in [5.74, 6) is 1.79. The lowest BCUT2D eigenvalue weighted by atomic mass is 9.43. The number of aliphatic carboxylic acids is 1. The lowest BCUT2D eigenvalue weighted by molar-refractivity contribution is -0.137. The summed E-state index contributed by atoms with van der Waals surface area (Å²) in [7, 11) is 1.61. The number of halogens is 1. The van der Waals surface area contributed by atoms with E-state index in [0.29, 0.717) is 35.7 Å². The lowest BCUT2D eigenvalue weighted by Crippen LogP contribution is -2.53. The van der Waals surface area contributed by atoms with Crippen LogP contribution in [0.5, 0.6) is 11.5 Å². The molecule has 4 atom stereocenters. The highest BCUT2D eigenvalue weighted by Gasteiger charge is 2.68. The van der Waals surface area contributed by atoms with Gasteiger partial charge in [0.15, 0.2) is 0 Å². The van der Waals surface area contributed by atoms with Crippen LogP contribution in [0.2, 0.25) is 0 Å². The number of hydrogen-bond donors (Lipinski definition) is 1. The van der Waals surface area contributed by atoms with Crippen molar-refractivity contribution in [2.75, 3.05) is 7.11 Å². The molecule has 4 saturated carbocycles. The van der Waals surface area contributed by atoms with Crippen LogP contribution in [0.3, 0.4) is 0 Å². The van der Waals surface area contributed by atoms with E-state index in [2.05, 4.69) is 26.8 Å². The van der Waals surface area contributed by atoms with Crippen molar-refractivity contribution in [3.8, 4) is 22.6 Å². The molecule has 5 heteroatoms. The van der Waals surface area contributed by atoms with Gasteiger partial charge >= 0.3 is 5.97 Å². The van der Waals surface area contributed by atoms with Crippen molar-refractivity contribution in [3.63, 3.8) is 0 Å². The third kappa shape index (κ3) is 4.48. The normalized spacial score (nSPS) is 25.2. The molecule has 210 valence electrons. The smallest absolute Gasteiger partial charge is 0.303 e. The van der Waals surface area contributed by atoms with Crippen LogP contribution in [0.1, 0.15) is 81.4 Å². The molecule has 0 amide bonds. The number of fused-ring (bicyclic) bond motifs is 1. The van der Waals surface area contributed by atoms with Gasteiger partial charge in [0, 0.05) is 5.56 Å². The average Bonchev–Trinajstić information content (AvgIpc) is 3.67. The Morgan fingerprint density at radius 2 is 1.80 bits per heavy atom. The maximum absolute atomic E-state index is 15.2. The minimum absolute atomic E-state index is 0.0305. The molecule has 0 aliphatic heterocycles. The summed E-state index contributed by atoms with van der Waals surface area (Å²) in [5, 5.41) is 9.42. The second-order valence-corrected chi connectivity index (χ2v) is 12.9. The van der Waals surface area contributed by atoms with Crippen LogP contribution in [-0.4, -0.2) is 18.2 Å². The standard InChI is InChI=1S/C35H39FO4/c1-34(2)30-14-15-35(34,3)33(30)29-16-21(8-12-26(29)28-18-24(39-4)11-13-31(28)36)20-40-25-7-5-6-23(17-25)27(19-32(37)38)22-9-10-22/h5-8,11-13,16-18,22,27,30,33H,9-10,14-15,19-20H2,1-4H3,(H,37,38)/t27-,30?,33?,35?/m1/s1. The van der Waals surface area contributed by atoms with Crippen molar-refractivity contribution in [2.45, 2.75) is 71.3 Å². The zero-order chi connectivity index (χ0) is 28.2. The first-order chi connectivity index (χ1) is 19.1. The molecule has 0 saturated heterocycles. The molecule has 0 aromatic heterocycles. The minimum Gasteiger partial charge on any atom is -0.497 e. The fourth-order valence-electron chi connectivity index (χ4n) is 7.90. The number of methoxy groups -OCH3 is 1. The van der Waals surface area contributed by atoms with E-state index in [-0.39, 0.29) is 29.0 Å². The van der Waals surface area contributed by atoms with Crippen LogP contribution < -0.4 is 9.47 Å². The van der Waals surface area contributed by atoms with E-state index in [1.54, 1.807) is 19.2 Å². The van der Waals surface area contributed by atoms with Crippen molar-refractivity contribution in [1.82, 2.24) is 0 Å². The monoisotopic (exact) mass is 542 g/mol. The summed E-state index contributed by atoms with van der Waals surface area (Å²) in [6.45, 7) is 7.55. The fraction of sp³-hybridized carbons (Fsp3) is 0.457.